The molecule has 1 aromatic heterocycles. The highest BCUT2D eigenvalue weighted by molar-refractivity contribution is 7.99. The topological polar surface area (TPSA) is 66.0 Å². The van der Waals surface area contributed by atoms with Crippen LogP contribution in [0.2, 0.25) is 10.0 Å². The zero-order valence-corrected chi connectivity index (χ0v) is 13.5. The number of phenols is 1. The molecule has 2 aromatic carbocycles. The summed E-state index contributed by atoms with van der Waals surface area (Å²) in [5.74, 6) is -0.156. The van der Waals surface area contributed by atoms with Crippen LogP contribution in [0.25, 0.3) is 11.0 Å². The fourth-order valence-electron chi connectivity index (χ4n) is 1.97. The molecule has 0 fully saturated rings. The second-order valence-corrected chi connectivity index (χ2v) is 6.41. The van der Waals surface area contributed by atoms with Gasteiger partial charge < -0.3 is 10.1 Å². The van der Waals surface area contributed by atoms with Crippen molar-refractivity contribution < 1.29 is 9.90 Å². The number of phenolic OH excluding ortho intramolecular Hbond substituents is 1. The first-order valence-electron chi connectivity index (χ1n) is 6.33. The van der Waals surface area contributed by atoms with Gasteiger partial charge in [-0.1, -0.05) is 35.0 Å². The summed E-state index contributed by atoms with van der Waals surface area (Å²) in [6.45, 7) is 0. The lowest BCUT2D eigenvalue weighted by Crippen LogP contribution is -2.03. The minimum absolute atomic E-state index is 0.0774. The molecule has 0 radical (unpaired) electrons. The molecule has 0 aliphatic carbocycles. The molecule has 7 heteroatoms. The molecule has 0 saturated carbocycles. The number of ketones is 1. The number of nitrogens with one attached hydrogen (secondary N) is 1. The van der Waals surface area contributed by atoms with E-state index in [-0.39, 0.29) is 22.8 Å². The van der Waals surface area contributed by atoms with Crippen molar-refractivity contribution in [1.82, 2.24) is 9.97 Å². The van der Waals surface area contributed by atoms with E-state index in [4.69, 9.17) is 23.2 Å². The van der Waals surface area contributed by atoms with Crippen molar-refractivity contribution in [3.05, 3.63) is 52.0 Å². The Morgan fingerprint density at radius 1 is 1.18 bits per heavy atom. The number of halogens is 2. The number of Topliss-reactive ketones (excluding diaryl/α,β-unsaturated/α-hetero) is 1. The van der Waals surface area contributed by atoms with Crippen LogP contribution >= 0.6 is 35.0 Å². The average molecular weight is 353 g/mol. The number of hydrogen-bond donors (Lipinski definition) is 2. The summed E-state index contributed by atoms with van der Waals surface area (Å²) in [7, 11) is 0. The SMILES string of the molecule is O=C(CSc1nc2ccc(Cl)cc2[nH]1)c1cc(Cl)ccc1O. The molecule has 3 rings (SSSR count). The van der Waals surface area contributed by atoms with Crippen molar-refractivity contribution in [1.29, 1.82) is 0 Å². The predicted molar refractivity (Wildman–Crippen MR) is 89.3 cm³/mol. The van der Waals surface area contributed by atoms with Gasteiger partial charge in [0.2, 0.25) is 0 Å². The molecule has 0 amide bonds. The van der Waals surface area contributed by atoms with Crippen molar-refractivity contribution in [3.8, 4) is 5.75 Å². The Bertz CT molecular complexity index is 864. The highest BCUT2D eigenvalue weighted by Crippen LogP contribution is 2.26. The van der Waals surface area contributed by atoms with Crippen LogP contribution in [-0.2, 0) is 0 Å². The van der Waals surface area contributed by atoms with E-state index >= 15 is 0 Å². The second kappa shape index (κ2) is 6.20. The van der Waals surface area contributed by atoms with E-state index in [9.17, 15) is 9.90 Å². The van der Waals surface area contributed by atoms with Gasteiger partial charge in [0.05, 0.1) is 22.3 Å². The zero-order chi connectivity index (χ0) is 15.7. The summed E-state index contributed by atoms with van der Waals surface area (Å²) in [6, 6.07) is 9.74. The third-order valence-corrected chi connectivity index (χ3v) is 4.36. The molecule has 0 bridgehead atoms. The van der Waals surface area contributed by atoms with Crippen molar-refractivity contribution >= 4 is 51.8 Å². The van der Waals surface area contributed by atoms with Gasteiger partial charge >= 0.3 is 0 Å². The minimum atomic E-state index is -0.219. The number of hydrogen-bond acceptors (Lipinski definition) is 4. The van der Waals surface area contributed by atoms with Gasteiger partial charge in [-0.05, 0) is 36.4 Å². The number of carbonyl (C=O) groups excluding carboxylic acids is 1. The van der Waals surface area contributed by atoms with E-state index in [0.29, 0.717) is 15.2 Å². The summed E-state index contributed by atoms with van der Waals surface area (Å²) in [4.78, 5) is 19.6. The summed E-state index contributed by atoms with van der Waals surface area (Å²) >= 11 is 13.0. The number of aromatic nitrogens is 2. The quantitative estimate of drug-likeness (QED) is 0.533. The lowest BCUT2D eigenvalue weighted by atomic mass is 10.1. The molecule has 0 unspecified atom stereocenters. The standard InChI is InChI=1S/C15H10Cl2N2O2S/c16-8-2-4-13(20)10(5-8)14(21)7-22-15-18-11-3-1-9(17)6-12(11)19-15/h1-6,20H,7H2,(H,18,19). The molecule has 1 heterocycles. The van der Waals surface area contributed by atoms with Crippen LogP contribution in [-0.4, -0.2) is 26.6 Å². The number of fused-ring (bicyclic) bond motifs is 1. The maximum Gasteiger partial charge on any atom is 0.176 e. The first-order valence-corrected chi connectivity index (χ1v) is 8.07. The average Bonchev–Trinajstić information content (AvgIpc) is 2.89. The minimum Gasteiger partial charge on any atom is -0.507 e. The molecule has 0 spiro atoms. The van der Waals surface area contributed by atoms with Gasteiger partial charge in [-0.15, -0.1) is 0 Å². The zero-order valence-electron chi connectivity index (χ0n) is 11.1. The number of nitrogens with zero attached hydrogens (tertiary/aromatic N) is 1. The molecule has 4 nitrogen and oxygen atoms in total. The Morgan fingerprint density at radius 2 is 1.91 bits per heavy atom. The Morgan fingerprint density at radius 3 is 2.73 bits per heavy atom. The smallest absolute Gasteiger partial charge is 0.176 e. The summed E-state index contributed by atoms with van der Waals surface area (Å²) in [5.41, 5.74) is 1.80. The lowest BCUT2D eigenvalue weighted by molar-refractivity contribution is 0.102. The molecule has 0 atom stereocenters. The lowest BCUT2D eigenvalue weighted by Gasteiger charge is -2.03. The normalized spacial score (nSPS) is 11.0. The Hall–Kier alpha value is -1.69. The number of benzene rings is 2. The molecular weight excluding hydrogens is 343 g/mol. The molecule has 22 heavy (non-hydrogen) atoms. The van der Waals surface area contributed by atoms with Gasteiger partial charge in [0.15, 0.2) is 10.9 Å². The fourth-order valence-corrected chi connectivity index (χ4v) is 3.08. The third kappa shape index (κ3) is 3.21. The molecule has 0 aliphatic rings. The van der Waals surface area contributed by atoms with Crippen LogP contribution in [0, 0.1) is 0 Å². The van der Waals surface area contributed by atoms with Crippen molar-refractivity contribution in [2.45, 2.75) is 5.16 Å². The number of rotatable bonds is 4. The van der Waals surface area contributed by atoms with Crippen molar-refractivity contribution in [3.63, 3.8) is 0 Å². The first-order chi connectivity index (χ1) is 10.5. The van der Waals surface area contributed by atoms with Crippen LogP contribution in [0.5, 0.6) is 5.75 Å². The second-order valence-electron chi connectivity index (χ2n) is 4.58. The van der Waals surface area contributed by atoms with Crippen LogP contribution in [0.1, 0.15) is 10.4 Å². The molecular formula is C15H10Cl2N2O2S. The van der Waals surface area contributed by atoms with Crippen LogP contribution < -0.4 is 0 Å². The number of thioether (sulfide) groups is 1. The molecule has 2 N–H and O–H groups in total. The molecule has 3 aromatic rings. The van der Waals surface area contributed by atoms with Crippen LogP contribution in [0.3, 0.4) is 0 Å². The highest BCUT2D eigenvalue weighted by Gasteiger charge is 2.13. The number of H-pyrrole nitrogens is 1. The van der Waals surface area contributed by atoms with Gasteiger partial charge in [-0.2, -0.15) is 0 Å². The predicted octanol–water partition coefficient (Wildman–Crippen LogP) is 4.55. The van der Waals surface area contributed by atoms with E-state index in [2.05, 4.69) is 9.97 Å². The van der Waals surface area contributed by atoms with E-state index in [1.54, 1.807) is 12.1 Å². The summed E-state index contributed by atoms with van der Waals surface area (Å²) < 4.78 is 0. The van der Waals surface area contributed by atoms with Crippen LogP contribution in [0.4, 0.5) is 0 Å². The van der Waals surface area contributed by atoms with Crippen molar-refractivity contribution in [2.75, 3.05) is 5.75 Å². The van der Waals surface area contributed by atoms with Crippen molar-refractivity contribution in [2.24, 2.45) is 0 Å². The maximum absolute atomic E-state index is 12.2. The number of imidazole rings is 1. The van der Waals surface area contributed by atoms with Crippen LogP contribution in [0.15, 0.2) is 41.6 Å². The molecule has 112 valence electrons. The Kier molecular flexibility index (Phi) is 4.29. The monoisotopic (exact) mass is 352 g/mol. The van der Waals surface area contributed by atoms with E-state index < -0.39 is 0 Å². The summed E-state index contributed by atoms with van der Waals surface area (Å²) in [5, 5.41) is 11.4. The van der Waals surface area contributed by atoms with Gasteiger partial charge in [0, 0.05) is 10.0 Å². The number of aromatic amines is 1. The van der Waals surface area contributed by atoms with E-state index in [1.807, 2.05) is 6.07 Å². The number of carbonyl (C=O) groups is 1. The van der Waals surface area contributed by atoms with Gasteiger partial charge in [-0.3, -0.25) is 4.79 Å². The van der Waals surface area contributed by atoms with Gasteiger partial charge in [0.25, 0.3) is 0 Å². The maximum atomic E-state index is 12.2. The summed E-state index contributed by atoms with van der Waals surface area (Å²) in [6.07, 6.45) is 0. The van der Waals surface area contributed by atoms with E-state index in [0.717, 1.165) is 11.0 Å². The first kappa shape index (κ1) is 15.2. The Balaban J connectivity index is 1.75. The highest BCUT2D eigenvalue weighted by atomic mass is 35.5. The molecule has 0 saturated heterocycles. The largest absolute Gasteiger partial charge is 0.507 e. The van der Waals surface area contributed by atoms with E-state index in [1.165, 1.54) is 30.0 Å². The van der Waals surface area contributed by atoms with Gasteiger partial charge in [0.1, 0.15) is 5.75 Å². The molecule has 0 aliphatic heterocycles. The third-order valence-electron chi connectivity index (χ3n) is 3.02. The number of aromatic hydroxyl groups is 1. The van der Waals surface area contributed by atoms with Gasteiger partial charge in [-0.25, -0.2) is 4.98 Å². The Labute approximate surface area is 140 Å². The fraction of sp³-hybridized carbons (Fsp3) is 0.0667.